The first-order valence-electron chi connectivity index (χ1n) is 12.6. The molecule has 8 nitrogen and oxygen atoms in total. The first-order valence-corrected chi connectivity index (χ1v) is 16.3. The Hall–Kier alpha value is -2.92. The molecule has 0 aliphatic heterocycles. The number of carbonyl (C=O) groups is 1. The van der Waals surface area contributed by atoms with Crippen molar-refractivity contribution in [3.63, 3.8) is 0 Å². The van der Waals surface area contributed by atoms with E-state index in [-0.39, 0.29) is 17.0 Å². The minimum atomic E-state index is -1.75. The van der Waals surface area contributed by atoms with Gasteiger partial charge in [-0.15, -0.1) is 11.3 Å². The normalized spacial score (nSPS) is 13.1. The Balaban J connectivity index is 1.35. The summed E-state index contributed by atoms with van der Waals surface area (Å²) in [6.45, 7) is 15.2. The van der Waals surface area contributed by atoms with Crippen LogP contribution in [-0.2, 0) is 4.43 Å². The predicted molar refractivity (Wildman–Crippen MR) is 152 cm³/mol. The Kier molecular flexibility index (Phi) is 8.22. The van der Waals surface area contributed by atoms with Gasteiger partial charge in [0.2, 0.25) is 0 Å². The van der Waals surface area contributed by atoms with Crippen molar-refractivity contribution < 1.29 is 9.22 Å². The molecule has 0 saturated heterocycles. The molecule has 0 fully saturated rings. The summed E-state index contributed by atoms with van der Waals surface area (Å²) in [4.78, 5) is 23.3. The largest absolute Gasteiger partial charge is 0.416 e. The fraction of sp³-hybridized carbons (Fsp3) is 0.407. The predicted octanol–water partition coefficient (Wildman–Crippen LogP) is 5.25. The molecule has 0 bridgehead atoms. The Bertz CT molecular complexity index is 1350. The van der Waals surface area contributed by atoms with Gasteiger partial charge in [0.1, 0.15) is 0 Å². The number of carbonyl (C=O) groups excluding carboxylic acids is 1. The summed E-state index contributed by atoms with van der Waals surface area (Å²) >= 11 is 1.64. The van der Waals surface area contributed by atoms with E-state index in [9.17, 15) is 4.79 Å². The zero-order valence-electron chi connectivity index (χ0n) is 22.4. The summed E-state index contributed by atoms with van der Waals surface area (Å²) < 4.78 is 7.94. The second-order valence-electron chi connectivity index (χ2n) is 10.7. The summed E-state index contributed by atoms with van der Waals surface area (Å²) in [5, 5.41) is 13.1. The van der Waals surface area contributed by atoms with Gasteiger partial charge in [-0.1, -0.05) is 26.8 Å². The molecule has 1 amide bonds. The number of rotatable bonds is 10. The number of aromatic nitrogens is 4. The summed E-state index contributed by atoms with van der Waals surface area (Å²) in [5.74, 6) is -0.140. The molecular formula is C27H36N6O2SSi. The van der Waals surface area contributed by atoms with E-state index < -0.39 is 8.32 Å². The molecule has 0 aromatic carbocycles. The standard InChI is InChI=1S/C27H36N6O2SSi/c1-19(28-12-14-35-37(5,6)27(2,3)4)17-30-26(34)20-9-11-29-23(16-20)21-18-31-33-13-10-22(32-25(21)33)24-8-7-15-36-24/h7-11,13,15-16,18-19,28H,12,14,17H2,1-6H3,(H,30,34)/t19-/m0/s1. The molecule has 0 aliphatic carbocycles. The van der Waals surface area contributed by atoms with Gasteiger partial charge in [-0.25, -0.2) is 9.50 Å². The SMILES string of the molecule is C[C@@H](CNC(=O)c1ccnc(-c2cnn3ccc(-c4cccs4)nc23)c1)NCCO[Si](C)(C)C(C)(C)C. The van der Waals surface area contributed by atoms with Crippen molar-refractivity contribution in [2.45, 2.75) is 51.9 Å². The summed E-state index contributed by atoms with van der Waals surface area (Å²) in [6.07, 6.45) is 5.28. The molecule has 1 atom stereocenters. The average Bonchev–Trinajstić information content (AvgIpc) is 3.54. The zero-order valence-corrected chi connectivity index (χ0v) is 24.2. The number of hydrogen-bond donors (Lipinski definition) is 2. The van der Waals surface area contributed by atoms with Gasteiger partial charge in [0, 0.05) is 43.7 Å². The molecular weight excluding hydrogens is 500 g/mol. The monoisotopic (exact) mass is 536 g/mol. The van der Waals surface area contributed by atoms with Crippen LogP contribution in [0.1, 0.15) is 38.1 Å². The van der Waals surface area contributed by atoms with Crippen LogP contribution in [0.15, 0.2) is 54.3 Å². The van der Waals surface area contributed by atoms with Gasteiger partial charge in [-0.2, -0.15) is 5.10 Å². The Morgan fingerprint density at radius 1 is 1.22 bits per heavy atom. The number of amides is 1. The summed E-state index contributed by atoms with van der Waals surface area (Å²) in [6, 6.07) is 9.62. The van der Waals surface area contributed by atoms with Crippen LogP contribution in [0.3, 0.4) is 0 Å². The zero-order chi connectivity index (χ0) is 26.6. The molecule has 4 rings (SSSR count). The minimum Gasteiger partial charge on any atom is -0.416 e. The number of thiophene rings is 1. The summed E-state index contributed by atoms with van der Waals surface area (Å²) in [5.41, 5.74) is 3.58. The van der Waals surface area contributed by atoms with Crippen molar-refractivity contribution in [3.05, 3.63) is 59.9 Å². The van der Waals surface area contributed by atoms with Gasteiger partial charge < -0.3 is 15.1 Å². The van der Waals surface area contributed by atoms with Crippen molar-refractivity contribution in [3.8, 4) is 21.8 Å². The molecule has 0 unspecified atom stereocenters. The van der Waals surface area contributed by atoms with E-state index in [2.05, 4.69) is 61.5 Å². The molecule has 0 saturated carbocycles. The third kappa shape index (κ3) is 6.51. The highest BCUT2D eigenvalue weighted by molar-refractivity contribution is 7.13. The molecule has 0 aliphatic rings. The van der Waals surface area contributed by atoms with Gasteiger partial charge in [0.25, 0.3) is 5.91 Å². The molecule has 2 N–H and O–H groups in total. The van der Waals surface area contributed by atoms with Crippen LogP contribution < -0.4 is 10.6 Å². The lowest BCUT2D eigenvalue weighted by molar-refractivity contribution is 0.0950. The molecule has 0 spiro atoms. The number of fused-ring (bicyclic) bond motifs is 1. The van der Waals surface area contributed by atoms with Gasteiger partial charge in [-0.05, 0) is 54.7 Å². The number of nitrogens with one attached hydrogen (secondary N) is 2. The van der Waals surface area contributed by atoms with Gasteiger partial charge >= 0.3 is 0 Å². The topological polar surface area (TPSA) is 93.4 Å². The van der Waals surface area contributed by atoms with E-state index in [4.69, 9.17) is 9.41 Å². The smallest absolute Gasteiger partial charge is 0.251 e. The van der Waals surface area contributed by atoms with Crippen LogP contribution in [0.2, 0.25) is 18.1 Å². The lowest BCUT2D eigenvalue weighted by atomic mass is 10.1. The van der Waals surface area contributed by atoms with Crippen molar-refractivity contribution >= 4 is 31.2 Å². The molecule has 4 aromatic heterocycles. The maximum absolute atomic E-state index is 12.9. The molecule has 4 heterocycles. The molecule has 0 radical (unpaired) electrons. The lowest BCUT2D eigenvalue weighted by Gasteiger charge is -2.36. The van der Waals surface area contributed by atoms with Crippen molar-refractivity contribution in [2.24, 2.45) is 0 Å². The van der Waals surface area contributed by atoms with Gasteiger partial charge in [-0.3, -0.25) is 9.78 Å². The van der Waals surface area contributed by atoms with Crippen LogP contribution in [0.25, 0.3) is 27.5 Å². The van der Waals surface area contributed by atoms with Gasteiger partial charge in [0.05, 0.1) is 28.0 Å². The highest BCUT2D eigenvalue weighted by Gasteiger charge is 2.36. The Morgan fingerprint density at radius 2 is 2.03 bits per heavy atom. The second-order valence-corrected chi connectivity index (χ2v) is 16.5. The fourth-order valence-electron chi connectivity index (χ4n) is 3.58. The minimum absolute atomic E-state index is 0.118. The second kappa shape index (κ2) is 11.2. The van der Waals surface area contributed by atoms with E-state index >= 15 is 0 Å². The number of hydrogen-bond acceptors (Lipinski definition) is 7. The Morgan fingerprint density at radius 3 is 2.76 bits per heavy atom. The van der Waals surface area contributed by atoms with Crippen LogP contribution in [0.5, 0.6) is 0 Å². The highest BCUT2D eigenvalue weighted by Crippen LogP contribution is 2.36. The molecule has 196 valence electrons. The lowest BCUT2D eigenvalue weighted by Crippen LogP contribution is -2.44. The maximum atomic E-state index is 12.9. The van der Waals surface area contributed by atoms with Gasteiger partial charge in [0.15, 0.2) is 14.0 Å². The third-order valence-corrected chi connectivity index (χ3v) is 12.3. The van der Waals surface area contributed by atoms with Crippen molar-refractivity contribution in [1.82, 2.24) is 30.2 Å². The van der Waals surface area contributed by atoms with Crippen LogP contribution in [0, 0.1) is 0 Å². The Labute approximate surface area is 223 Å². The highest BCUT2D eigenvalue weighted by atomic mass is 32.1. The third-order valence-electron chi connectivity index (χ3n) is 6.87. The van der Waals surface area contributed by atoms with Crippen LogP contribution >= 0.6 is 11.3 Å². The summed E-state index contributed by atoms with van der Waals surface area (Å²) in [7, 11) is -1.75. The maximum Gasteiger partial charge on any atom is 0.251 e. The number of nitrogens with zero attached hydrogens (tertiary/aromatic N) is 4. The average molecular weight is 537 g/mol. The molecule has 10 heteroatoms. The van der Waals surface area contributed by atoms with E-state index in [1.165, 1.54) is 0 Å². The fourth-order valence-corrected chi connectivity index (χ4v) is 5.32. The first kappa shape index (κ1) is 27.1. The van der Waals surface area contributed by atoms with E-state index in [0.717, 1.165) is 22.7 Å². The van der Waals surface area contributed by atoms with Crippen LogP contribution in [-0.4, -0.2) is 59.5 Å². The number of pyridine rings is 1. The van der Waals surface area contributed by atoms with Crippen molar-refractivity contribution in [1.29, 1.82) is 0 Å². The molecule has 37 heavy (non-hydrogen) atoms. The molecule has 4 aromatic rings. The quantitative estimate of drug-likeness (QED) is 0.212. The van der Waals surface area contributed by atoms with E-state index in [0.29, 0.717) is 30.1 Å². The van der Waals surface area contributed by atoms with E-state index in [1.807, 2.05) is 29.8 Å². The van der Waals surface area contributed by atoms with Crippen LogP contribution in [0.4, 0.5) is 0 Å². The first-order chi connectivity index (χ1) is 17.5. The van der Waals surface area contributed by atoms with Crippen molar-refractivity contribution in [2.75, 3.05) is 19.7 Å². The van der Waals surface area contributed by atoms with E-state index in [1.54, 1.807) is 40.4 Å².